The Bertz CT molecular complexity index is 659. The van der Waals surface area contributed by atoms with Crippen molar-refractivity contribution in [1.82, 2.24) is 4.90 Å². The Labute approximate surface area is 124 Å². The van der Waals surface area contributed by atoms with Gasteiger partial charge < -0.3 is 9.52 Å². The number of likely N-dealkylation sites (tertiary alicyclic amines) is 1. The van der Waals surface area contributed by atoms with E-state index in [4.69, 9.17) is 4.42 Å². The molecule has 0 saturated carbocycles. The number of fused-ring (bicyclic) bond motifs is 1. The number of benzene rings is 1. The van der Waals surface area contributed by atoms with Crippen molar-refractivity contribution in [2.75, 3.05) is 6.54 Å². The Morgan fingerprint density at radius 2 is 2.19 bits per heavy atom. The average Bonchev–Trinajstić information content (AvgIpc) is 3.02. The number of hydrogen-bond acceptors (Lipinski definition) is 3. The minimum atomic E-state index is -0.907. The first-order valence-corrected chi connectivity index (χ1v) is 7.55. The molecule has 2 aromatic rings. The normalized spacial score (nSPS) is 19.7. The SMILES string of the molecule is CC(C)C1CCCN1Cc1oc2ccccc2c1C(=O)O. The molecule has 3 rings (SSSR count). The molecule has 0 radical (unpaired) electrons. The standard InChI is InChI=1S/C17H21NO3/c1-11(2)13-7-5-9-18(13)10-15-16(17(19)20)12-6-3-4-8-14(12)21-15/h3-4,6,8,11,13H,5,7,9-10H2,1-2H3,(H,19,20). The monoisotopic (exact) mass is 287 g/mol. The molecule has 21 heavy (non-hydrogen) atoms. The van der Waals surface area contributed by atoms with Crippen LogP contribution in [0, 0.1) is 5.92 Å². The number of para-hydroxylation sites is 1. The number of aromatic carboxylic acids is 1. The fourth-order valence-electron chi connectivity index (χ4n) is 3.43. The van der Waals surface area contributed by atoms with Gasteiger partial charge in [0.15, 0.2) is 0 Å². The van der Waals surface area contributed by atoms with Gasteiger partial charge in [0, 0.05) is 11.4 Å². The molecule has 0 spiro atoms. The maximum atomic E-state index is 11.6. The van der Waals surface area contributed by atoms with Gasteiger partial charge in [-0.1, -0.05) is 32.0 Å². The molecule has 2 heterocycles. The van der Waals surface area contributed by atoms with E-state index in [9.17, 15) is 9.90 Å². The zero-order chi connectivity index (χ0) is 15.0. The second kappa shape index (κ2) is 5.53. The van der Waals surface area contributed by atoms with Gasteiger partial charge >= 0.3 is 5.97 Å². The molecule has 4 nitrogen and oxygen atoms in total. The number of nitrogens with zero attached hydrogens (tertiary/aromatic N) is 1. The summed E-state index contributed by atoms with van der Waals surface area (Å²) in [5.74, 6) is 0.247. The van der Waals surface area contributed by atoms with E-state index in [1.807, 2.05) is 24.3 Å². The zero-order valence-electron chi connectivity index (χ0n) is 12.5. The summed E-state index contributed by atoms with van der Waals surface area (Å²) in [7, 11) is 0. The lowest BCUT2D eigenvalue weighted by atomic mass is 10.0. The lowest BCUT2D eigenvalue weighted by molar-refractivity contribution is 0.0693. The van der Waals surface area contributed by atoms with Crippen molar-refractivity contribution in [1.29, 1.82) is 0 Å². The maximum Gasteiger partial charge on any atom is 0.339 e. The molecule has 1 atom stereocenters. The molecule has 1 aromatic heterocycles. The van der Waals surface area contributed by atoms with Crippen LogP contribution in [-0.2, 0) is 6.54 Å². The fourth-order valence-corrected chi connectivity index (χ4v) is 3.43. The highest BCUT2D eigenvalue weighted by atomic mass is 16.4. The van der Waals surface area contributed by atoms with E-state index in [0.717, 1.165) is 6.54 Å². The first-order chi connectivity index (χ1) is 10.1. The lowest BCUT2D eigenvalue weighted by Gasteiger charge is -2.26. The van der Waals surface area contributed by atoms with Gasteiger partial charge in [-0.05, 0) is 31.4 Å². The predicted molar refractivity (Wildman–Crippen MR) is 81.4 cm³/mol. The number of carbonyl (C=O) groups is 1. The molecular formula is C17H21NO3. The van der Waals surface area contributed by atoms with Gasteiger partial charge in [0.25, 0.3) is 0 Å². The van der Waals surface area contributed by atoms with Crippen LogP contribution in [0.2, 0.25) is 0 Å². The highest BCUT2D eigenvalue weighted by Crippen LogP contribution is 2.30. The van der Waals surface area contributed by atoms with Gasteiger partial charge in [0.05, 0.1) is 6.54 Å². The molecule has 1 unspecified atom stereocenters. The lowest BCUT2D eigenvalue weighted by Crippen LogP contribution is -2.33. The third-order valence-corrected chi connectivity index (χ3v) is 4.41. The summed E-state index contributed by atoms with van der Waals surface area (Å²) in [6.45, 7) is 6.04. The van der Waals surface area contributed by atoms with Crippen LogP contribution in [0.15, 0.2) is 28.7 Å². The van der Waals surface area contributed by atoms with Crippen LogP contribution in [0.25, 0.3) is 11.0 Å². The number of hydrogen-bond donors (Lipinski definition) is 1. The van der Waals surface area contributed by atoms with Crippen molar-refractivity contribution in [3.63, 3.8) is 0 Å². The zero-order valence-corrected chi connectivity index (χ0v) is 12.5. The van der Waals surface area contributed by atoms with Crippen molar-refractivity contribution in [2.24, 2.45) is 5.92 Å². The second-order valence-electron chi connectivity index (χ2n) is 6.13. The van der Waals surface area contributed by atoms with E-state index in [0.29, 0.717) is 40.8 Å². The van der Waals surface area contributed by atoms with Gasteiger partial charge in [-0.2, -0.15) is 0 Å². The van der Waals surface area contributed by atoms with Crippen molar-refractivity contribution in [3.05, 3.63) is 35.6 Å². The summed E-state index contributed by atoms with van der Waals surface area (Å²) in [4.78, 5) is 14.0. The Kier molecular flexibility index (Phi) is 3.72. The summed E-state index contributed by atoms with van der Waals surface area (Å²) >= 11 is 0. The topological polar surface area (TPSA) is 53.7 Å². The van der Waals surface area contributed by atoms with E-state index in [1.165, 1.54) is 12.8 Å². The average molecular weight is 287 g/mol. The van der Waals surface area contributed by atoms with Crippen LogP contribution in [-0.4, -0.2) is 28.6 Å². The number of rotatable bonds is 4. The molecule has 112 valence electrons. The third kappa shape index (κ3) is 2.56. The summed E-state index contributed by atoms with van der Waals surface area (Å²) in [6.07, 6.45) is 2.35. The number of carboxylic acid groups (broad SMARTS) is 1. The molecule has 1 fully saturated rings. The van der Waals surface area contributed by atoms with Gasteiger partial charge in [-0.3, -0.25) is 4.90 Å². The maximum absolute atomic E-state index is 11.6. The quantitative estimate of drug-likeness (QED) is 0.930. The molecule has 1 saturated heterocycles. The first kappa shape index (κ1) is 14.1. The van der Waals surface area contributed by atoms with E-state index < -0.39 is 5.97 Å². The van der Waals surface area contributed by atoms with Gasteiger partial charge in [0.2, 0.25) is 0 Å². The minimum absolute atomic E-state index is 0.319. The molecule has 1 N–H and O–H groups in total. The largest absolute Gasteiger partial charge is 0.478 e. The smallest absolute Gasteiger partial charge is 0.339 e. The molecule has 1 aliphatic rings. The van der Waals surface area contributed by atoms with Crippen LogP contribution in [0.3, 0.4) is 0 Å². The third-order valence-electron chi connectivity index (χ3n) is 4.41. The summed E-state index contributed by atoms with van der Waals surface area (Å²) < 4.78 is 5.83. The summed E-state index contributed by atoms with van der Waals surface area (Å²) in [5.41, 5.74) is 0.977. The molecule has 0 amide bonds. The van der Waals surface area contributed by atoms with Crippen LogP contribution >= 0.6 is 0 Å². The first-order valence-electron chi connectivity index (χ1n) is 7.55. The molecule has 4 heteroatoms. The Balaban J connectivity index is 1.97. The Morgan fingerprint density at radius 1 is 1.43 bits per heavy atom. The number of carboxylic acids is 1. The van der Waals surface area contributed by atoms with Gasteiger partial charge in [-0.15, -0.1) is 0 Å². The molecule has 0 aliphatic carbocycles. The highest BCUT2D eigenvalue weighted by molar-refractivity contribution is 6.03. The van der Waals surface area contributed by atoms with Gasteiger partial charge in [0.1, 0.15) is 16.9 Å². The van der Waals surface area contributed by atoms with Crippen molar-refractivity contribution >= 4 is 16.9 Å². The van der Waals surface area contributed by atoms with Crippen LogP contribution < -0.4 is 0 Å². The van der Waals surface area contributed by atoms with Crippen molar-refractivity contribution in [3.8, 4) is 0 Å². The Hall–Kier alpha value is -1.81. The van der Waals surface area contributed by atoms with E-state index in [-0.39, 0.29) is 0 Å². The van der Waals surface area contributed by atoms with Crippen LogP contribution in [0.5, 0.6) is 0 Å². The fraction of sp³-hybridized carbons (Fsp3) is 0.471. The molecule has 1 aromatic carbocycles. The van der Waals surface area contributed by atoms with E-state index >= 15 is 0 Å². The summed E-state index contributed by atoms with van der Waals surface area (Å²) in [5, 5.41) is 10.2. The highest BCUT2D eigenvalue weighted by Gasteiger charge is 2.30. The van der Waals surface area contributed by atoms with Crippen LogP contribution in [0.1, 0.15) is 42.8 Å². The van der Waals surface area contributed by atoms with Crippen LogP contribution in [0.4, 0.5) is 0 Å². The second-order valence-corrected chi connectivity index (χ2v) is 6.13. The van der Waals surface area contributed by atoms with Crippen molar-refractivity contribution in [2.45, 2.75) is 39.3 Å². The predicted octanol–water partition coefficient (Wildman–Crippen LogP) is 3.75. The molecular weight excluding hydrogens is 266 g/mol. The minimum Gasteiger partial charge on any atom is -0.478 e. The molecule has 1 aliphatic heterocycles. The summed E-state index contributed by atoms with van der Waals surface area (Å²) in [6, 6.07) is 7.87. The number of furan rings is 1. The Morgan fingerprint density at radius 3 is 2.90 bits per heavy atom. The van der Waals surface area contributed by atoms with E-state index in [2.05, 4.69) is 18.7 Å². The van der Waals surface area contributed by atoms with E-state index in [1.54, 1.807) is 0 Å². The van der Waals surface area contributed by atoms with Gasteiger partial charge in [-0.25, -0.2) is 4.79 Å². The van der Waals surface area contributed by atoms with Crippen molar-refractivity contribution < 1.29 is 14.3 Å². The molecule has 0 bridgehead atoms.